The molecule has 0 saturated carbocycles. The number of hydrogen-bond donors (Lipinski definition) is 6. The lowest BCUT2D eigenvalue weighted by Gasteiger charge is -2.19. The van der Waals surface area contributed by atoms with Crippen LogP contribution >= 0.6 is 12.2 Å². The van der Waals surface area contributed by atoms with Gasteiger partial charge in [-0.15, -0.1) is 0 Å². The molecule has 0 aliphatic heterocycles. The third kappa shape index (κ3) is 10.2. The van der Waals surface area contributed by atoms with Gasteiger partial charge in [-0.05, 0) is 37.1 Å². The van der Waals surface area contributed by atoms with Gasteiger partial charge in [0.1, 0.15) is 0 Å². The van der Waals surface area contributed by atoms with Gasteiger partial charge in [0, 0.05) is 6.42 Å². The molecule has 0 fully saturated rings. The van der Waals surface area contributed by atoms with Crippen LogP contribution in [0.5, 0.6) is 0 Å². The van der Waals surface area contributed by atoms with Crippen molar-refractivity contribution in [3.05, 3.63) is 0 Å². The second-order valence-corrected chi connectivity index (χ2v) is 6.64. The Balaban J connectivity index is 4.55. The summed E-state index contributed by atoms with van der Waals surface area (Å²) in [6.07, 6.45) is -0.677. The first-order valence-electron chi connectivity index (χ1n) is 7.89. The van der Waals surface area contributed by atoms with E-state index in [2.05, 4.69) is 5.32 Å². The van der Waals surface area contributed by atoms with Gasteiger partial charge >= 0.3 is 5.97 Å². The lowest BCUT2D eigenvalue weighted by atomic mass is 9.94. The molecule has 9 nitrogen and oxygen atoms in total. The molecule has 0 heterocycles. The predicted molar refractivity (Wildman–Crippen MR) is 94.9 cm³/mol. The average molecular weight is 377 g/mol. The zero-order valence-corrected chi connectivity index (χ0v) is 15.0. The Kier molecular flexibility index (Phi) is 11.3. The smallest absolute Gasteiger partial charge is 0.309 e. The highest BCUT2D eigenvalue weighted by Crippen LogP contribution is 2.14. The molecule has 0 aliphatic rings. The van der Waals surface area contributed by atoms with E-state index in [1.54, 1.807) is 0 Å². The lowest BCUT2D eigenvalue weighted by Crippen LogP contribution is -2.45. The number of aliphatic hydroxyl groups is 2. The van der Waals surface area contributed by atoms with Crippen molar-refractivity contribution in [1.29, 1.82) is 0 Å². The molecule has 0 aromatic rings. The van der Waals surface area contributed by atoms with Gasteiger partial charge in [0.05, 0.1) is 31.2 Å². The molecule has 144 valence electrons. The Labute approximate surface area is 151 Å². The van der Waals surface area contributed by atoms with Crippen LogP contribution in [0.25, 0.3) is 0 Å². The average Bonchev–Trinajstić information content (AvgIpc) is 2.50. The van der Waals surface area contributed by atoms with Gasteiger partial charge < -0.3 is 32.1 Å². The molecule has 10 heteroatoms. The largest absolute Gasteiger partial charge is 0.481 e. The minimum absolute atomic E-state index is 0.0145. The summed E-state index contributed by atoms with van der Waals surface area (Å²) in [6, 6.07) is -0.996. The summed E-state index contributed by atoms with van der Waals surface area (Å²) in [5, 5.41) is 30.1. The maximum atomic E-state index is 11.7. The van der Waals surface area contributed by atoms with E-state index < -0.39 is 36.5 Å². The number of hydrogen-bond acceptors (Lipinski definition) is 8. The minimum Gasteiger partial charge on any atom is -0.481 e. The number of rotatable bonds is 14. The van der Waals surface area contributed by atoms with Gasteiger partial charge in [0.15, 0.2) is 5.78 Å². The number of nitrogens with one attached hydrogen (secondary N) is 1. The van der Waals surface area contributed by atoms with E-state index in [-0.39, 0.29) is 44.1 Å². The third-order valence-corrected chi connectivity index (χ3v) is 4.01. The standard InChI is InChI=1S/C15H27N3O6S/c1-8(20)14(17)12(21)6-18-5-9(3-13(16)22)2-11(25)4-10(7-19)15(23)24/h8-10,14,18-20H,2-7,17H2,1H3,(H2,16,22)(H,23,24)/t8?,9-,10-,14-/m1/s1. The zero-order chi connectivity index (χ0) is 19.6. The number of amides is 1. The number of aliphatic hydroxyl groups excluding tert-OH is 2. The monoisotopic (exact) mass is 377 g/mol. The fourth-order valence-electron chi connectivity index (χ4n) is 2.20. The highest BCUT2D eigenvalue weighted by Gasteiger charge is 2.22. The molecule has 0 bridgehead atoms. The summed E-state index contributed by atoms with van der Waals surface area (Å²) in [6.45, 7) is 1.05. The van der Waals surface area contributed by atoms with Crippen molar-refractivity contribution in [1.82, 2.24) is 5.32 Å². The first-order valence-corrected chi connectivity index (χ1v) is 8.30. The molecule has 1 amide bonds. The first kappa shape index (κ1) is 23.5. The minimum atomic E-state index is -1.15. The summed E-state index contributed by atoms with van der Waals surface area (Å²) in [5.41, 5.74) is 10.7. The summed E-state index contributed by atoms with van der Waals surface area (Å²) < 4.78 is 0. The number of carbonyl (C=O) groups is 3. The molecule has 1 unspecified atom stereocenters. The maximum absolute atomic E-state index is 11.7. The molecule has 0 saturated heterocycles. The van der Waals surface area contributed by atoms with Crippen molar-refractivity contribution in [2.75, 3.05) is 19.7 Å². The number of primary amides is 1. The normalized spacial score (nSPS) is 15.8. The van der Waals surface area contributed by atoms with Crippen LogP contribution < -0.4 is 16.8 Å². The van der Waals surface area contributed by atoms with Gasteiger partial charge in [0.25, 0.3) is 0 Å². The second kappa shape index (κ2) is 12.0. The van der Waals surface area contributed by atoms with Crippen LogP contribution in [-0.4, -0.2) is 69.7 Å². The molecule has 4 atom stereocenters. The summed E-state index contributed by atoms with van der Waals surface area (Å²) >= 11 is 5.15. The highest BCUT2D eigenvalue weighted by atomic mass is 32.1. The number of carboxylic acid groups (broad SMARTS) is 1. The van der Waals surface area contributed by atoms with E-state index >= 15 is 0 Å². The fraction of sp³-hybridized carbons (Fsp3) is 0.733. The Hall–Kier alpha value is -1.46. The molecule has 0 rings (SSSR count). The first-order chi connectivity index (χ1) is 11.6. The quantitative estimate of drug-likeness (QED) is 0.190. The number of carbonyl (C=O) groups excluding carboxylic acids is 2. The van der Waals surface area contributed by atoms with Crippen molar-refractivity contribution in [2.24, 2.45) is 23.3 Å². The van der Waals surface area contributed by atoms with Crippen LogP contribution in [-0.2, 0) is 14.4 Å². The third-order valence-electron chi connectivity index (χ3n) is 3.67. The number of aliphatic carboxylic acids is 1. The molecular weight excluding hydrogens is 350 g/mol. The van der Waals surface area contributed by atoms with Crippen LogP contribution in [0.3, 0.4) is 0 Å². The molecule has 25 heavy (non-hydrogen) atoms. The number of thiocarbonyl (C=S) groups is 1. The van der Waals surface area contributed by atoms with Crippen LogP contribution in [0.1, 0.15) is 26.2 Å². The SMILES string of the molecule is CC(O)[C@@H](N)C(=O)CNC[C@@H](CC(N)=O)CC(=S)C[C@H](CO)C(=O)O. The number of carboxylic acids is 1. The van der Waals surface area contributed by atoms with Crippen LogP contribution in [0.4, 0.5) is 0 Å². The Bertz CT molecular complexity index is 486. The van der Waals surface area contributed by atoms with E-state index in [9.17, 15) is 19.5 Å². The van der Waals surface area contributed by atoms with E-state index in [1.165, 1.54) is 6.92 Å². The van der Waals surface area contributed by atoms with Crippen LogP contribution in [0.15, 0.2) is 0 Å². The summed E-state index contributed by atoms with van der Waals surface area (Å²) in [7, 11) is 0. The second-order valence-electron chi connectivity index (χ2n) is 6.06. The lowest BCUT2D eigenvalue weighted by molar-refractivity contribution is -0.142. The van der Waals surface area contributed by atoms with Crippen molar-refractivity contribution in [3.63, 3.8) is 0 Å². The predicted octanol–water partition coefficient (Wildman–Crippen LogP) is -1.81. The fourth-order valence-corrected chi connectivity index (χ4v) is 2.63. The molecule has 0 aliphatic carbocycles. The highest BCUT2D eigenvalue weighted by molar-refractivity contribution is 7.80. The molecular formula is C15H27N3O6S. The van der Waals surface area contributed by atoms with Crippen LogP contribution in [0, 0.1) is 11.8 Å². The topological polar surface area (TPSA) is 176 Å². The molecule has 0 aromatic heterocycles. The van der Waals surface area contributed by atoms with Gasteiger partial charge in [-0.25, -0.2) is 0 Å². The van der Waals surface area contributed by atoms with Gasteiger partial charge in [-0.3, -0.25) is 14.4 Å². The van der Waals surface area contributed by atoms with Crippen LogP contribution in [0.2, 0.25) is 0 Å². The summed E-state index contributed by atoms with van der Waals surface area (Å²) in [4.78, 5) is 34.2. The Morgan fingerprint density at radius 2 is 1.80 bits per heavy atom. The molecule has 8 N–H and O–H groups in total. The van der Waals surface area contributed by atoms with Crippen molar-refractivity contribution >= 4 is 34.7 Å². The Morgan fingerprint density at radius 1 is 1.20 bits per heavy atom. The van der Waals surface area contributed by atoms with E-state index in [0.29, 0.717) is 4.86 Å². The van der Waals surface area contributed by atoms with E-state index in [1.807, 2.05) is 0 Å². The maximum Gasteiger partial charge on any atom is 0.309 e. The summed E-state index contributed by atoms with van der Waals surface area (Å²) in [5.74, 6) is -3.36. The van der Waals surface area contributed by atoms with Crippen molar-refractivity contribution < 1.29 is 29.7 Å². The van der Waals surface area contributed by atoms with Crippen molar-refractivity contribution in [3.8, 4) is 0 Å². The molecule has 0 spiro atoms. The zero-order valence-electron chi connectivity index (χ0n) is 14.2. The number of Topliss-reactive ketones (excluding diaryl/α,β-unsaturated/α-hetero) is 1. The Morgan fingerprint density at radius 3 is 2.24 bits per heavy atom. The number of ketones is 1. The molecule has 0 radical (unpaired) electrons. The van der Waals surface area contributed by atoms with E-state index in [0.717, 1.165) is 0 Å². The van der Waals surface area contributed by atoms with Gasteiger partial charge in [0.2, 0.25) is 5.91 Å². The van der Waals surface area contributed by atoms with Crippen molar-refractivity contribution in [2.45, 2.75) is 38.3 Å². The van der Waals surface area contributed by atoms with Gasteiger partial charge in [-0.1, -0.05) is 12.2 Å². The van der Waals surface area contributed by atoms with E-state index in [4.69, 9.17) is 33.9 Å². The van der Waals surface area contributed by atoms with Gasteiger partial charge in [-0.2, -0.15) is 0 Å². The molecule has 0 aromatic carbocycles. The number of nitrogens with two attached hydrogens (primary N) is 2.